The first-order valence-electron chi connectivity index (χ1n) is 7.16. The lowest BCUT2D eigenvalue weighted by atomic mass is 10.1. The molecule has 114 valence electrons. The number of unbranched alkanes of at least 4 members (excludes halogenated alkanes) is 2. The Morgan fingerprint density at radius 1 is 1.37 bits per heavy atom. The van der Waals surface area contributed by atoms with E-state index in [1.54, 1.807) is 23.0 Å². The van der Waals surface area contributed by atoms with E-state index in [0.29, 0.717) is 25.5 Å². The topological polar surface area (TPSA) is 64.8 Å². The molecule has 0 aromatic heterocycles. The molecule has 2 N–H and O–H groups in total. The van der Waals surface area contributed by atoms with E-state index in [1.807, 2.05) is 18.7 Å². The molecule has 1 saturated heterocycles. The molecule has 1 aliphatic rings. The van der Waals surface area contributed by atoms with Crippen LogP contribution in [0.25, 0.3) is 0 Å². The number of rotatable bonds is 8. The van der Waals surface area contributed by atoms with Crippen molar-refractivity contribution in [3.63, 3.8) is 0 Å². The van der Waals surface area contributed by atoms with Gasteiger partial charge in [-0.15, -0.1) is 0 Å². The van der Waals surface area contributed by atoms with Gasteiger partial charge in [0.15, 0.2) is 23.0 Å². The van der Waals surface area contributed by atoms with E-state index in [-0.39, 0.29) is 5.91 Å². The van der Waals surface area contributed by atoms with Crippen LogP contribution in [0.3, 0.4) is 0 Å². The highest BCUT2D eigenvalue weighted by atomic mass is 127. The summed E-state index contributed by atoms with van der Waals surface area (Å²) < 4.78 is 4.55. The number of likely N-dealkylation sites (tertiary alicyclic amines) is 1. The van der Waals surface area contributed by atoms with E-state index < -0.39 is 0 Å². The third-order valence-corrected chi connectivity index (χ3v) is 3.34. The van der Waals surface area contributed by atoms with Gasteiger partial charge in [0, 0.05) is 25.4 Å². The summed E-state index contributed by atoms with van der Waals surface area (Å²) in [6.45, 7) is 6.94. The average Bonchev–Trinajstić information content (AvgIpc) is 2.92. The van der Waals surface area contributed by atoms with Crippen LogP contribution in [-0.2, 0) is 12.9 Å². The molecule has 0 spiro atoms. The SMILES string of the molecule is CC.NCCCCCC(=O)N1CCC(COOI)C1. The Morgan fingerprint density at radius 2 is 2.11 bits per heavy atom. The number of halogens is 1. The van der Waals surface area contributed by atoms with Crippen LogP contribution in [0.4, 0.5) is 0 Å². The van der Waals surface area contributed by atoms with Gasteiger partial charge in [0.05, 0.1) is 6.61 Å². The number of carbonyl (C=O) groups is 1. The Labute approximate surface area is 130 Å². The standard InChI is InChI=1S/C11H21IN2O3.C2H6/c12-17-16-9-10-5-7-14(8-10)11(15)4-2-1-3-6-13;1-2/h10H,1-9,13H2;1-2H3. The van der Waals surface area contributed by atoms with Crippen LogP contribution in [0.1, 0.15) is 46.0 Å². The fraction of sp³-hybridized carbons (Fsp3) is 0.923. The number of nitrogens with two attached hydrogens (primary N) is 1. The average molecular weight is 386 g/mol. The van der Waals surface area contributed by atoms with Gasteiger partial charge in [-0.25, -0.2) is 4.89 Å². The van der Waals surface area contributed by atoms with Crippen LogP contribution in [0.2, 0.25) is 0 Å². The highest BCUT2D eigenvalue weighted by Crippen LogP contribution is 2.18. The second-order valence-electron chi connectivity index (χ2n) is 4.44. The van der Waals surface area contributed by atoms with Crippen LogP contribution in [0, 0.1) is 5.92 Å². The van der Waals surface area contributed by atoms with Gasteiger partial charge in [-0.3, -0.25) is 4.79 Å². The van der Waals surface area contributed by atoms with Gasteiger partial charge in [-0.2, -0.15) is 3.22 Å². The lowest BCUT2D eigenvalue weighted by Crippen LogP contribution is -2.29. The van der Waals surface area contributed by atoms with Crippen molar-refractivity contribution < 1.29 is 12.9 Å². The smallest absolute Gasteiger partial charge is 0.222 e. The van der Waals surface area contributed by atoms with Crippen molar-refractivity contribution >= 4 is 28.9 Å². The number of hydrogen-bond acceptors (Lipinski definition) is 4. The van der Waals surface area contributed by atoms with Crippen molar-refractivity contribution in [1.82, 2.24) is 4.90 Å². The molecule has 0 aromatic rings. The Kier molecular flexibility index (Phi) is 13.1. The zero-order chi connectivity index (χ0) is 14.5. The first-order valence-corrected chi connectivity index (χ1v) is 8.04. The minimum atomic E-state index is 0.264. The van der Waals surface area contributed by atoms with Gasteiger partial charge in [0.25, 0.3) is 0 Å². The molecule has 0 radical (unpaired) electrons. The normalized spacial score (nSPS) is 18.1. The molecule has 1 aliphatic heterocycles. The van der Waals surface area contributed by atoms with Crippen molar-refractivity contribution in [3.05, 3.63) is 0 Å². The first-order chi connectivity index (χ1) is 9.27. The van der Waals surface area contributed by atoms with Gasteiger partial charge in [0.2, 0.25) is 5.91 Å². The lowest BCUT2D eigenvalue weighted by molar-refractivity contribution is -0.176. The summed E-state index contributed by atoms with van der Waals surface area (Å²) in [5, 5.41) is 0. The predicted octanol–water partition coefficient (Wildman–Crippen LogP) is 2.68. The van der Waals surface area contributed by atoms with Crippen molar-refractivity contribution in [3.8, 4) is 0 Å². The summed E-state index contributed by atoms with van der Waals surface area (Å²) in [7, 11) is 0. The number of amides is 1. The van der Waals surface area contributed by atoms with Gasteiger partial charge in [0.1, 0.15) is 0 Å². The Bertz CT molecular complexity index is 230. The van der Waals surface area contributed by atoms with Crippen molar-refractivity contribution in [1.29, 1.82) is 0 Å². The van der Waals surface area contributed by atoms with Crippen molar-refractivity contribution in [2.24, 2.45) is 11.7 Å². The fourth-order valence-corrected chi connectivity index (χ4v) is 2.22. The second-order valence-corrected chi connectivity index (χ2v) is 4.80. The summed E-state index contributed by atoms with van der Waals surface area (Å²) in [6, 6.07) is 0. The second kappa shape index (κ2) is 13.1. The van der Waals surface area contributed by atoms with Crippen molar-refractivity contribution in [2.45, 2.75) is 46.0 Å². The molecule has 0 bridgehead atoms. The van der Waals surface area contributed by atoms with Crippen molar-refractivity contribution in [2.75, 3.05) is 26.2 Å². The summed E-state index contributed by atoms with van der Waals surface area (Å²) >= 11 is 1.71. The van der Waals surface area contributed by atoms with E-state index in [1.165, 1.54) is 0 Å². The lowest BCUT2D eigenvalue weighted by Gasteiger charge is -2.16. The van der Waals surface area contributed by atoms with E-state index in [0.717, 1.165) is 38.8 Å². The highest BCUT2D eigenvalue weighted by molar-refractivity contribution is 14.1. The monoisotopic (exact) mass is 386 g/mol. The maximum Gasteiger partial charge on any atom is 0.222 e. The van der Waals surface area contributed by atoms with E-state index in [9.17, 15) is 4.79 Å². The Morgan fingerprint density at radius 3 is 2.74 bits per heavy atom. The van der Waals surface area contributed by atoms with Gasteiger partial charge >= 0.3 is 0 Å². The molecular formula is C13H27IN2O3. The van der Waals surface area contributed by atoms with Gasteiger partial charge < -0.3 is 10.6 Å². The van der Waals surface area contributed by atoms with Crippen LogP contribution >= 0.6 is 23.0 Å². The third kappa shape index (κ3) is 8.78. The molecule has 5 nitrogen and oxygen atoms in total. The molecule has 19 heavy (non-hydrogen) atoms. The number of nitrogens with zero attached hydrogens (tertiary/aromatic N) is 1. The van der Waals surface area contributed by atoms with Crippen LogP contribution in [0.15, 0.2) is 0 Å². The Balaban J connectivity index is 0.00000154. The summed E-state index contributed by atoms with van der Waals surface area (Å²) in [4.78, 5) is 18.7. The third-order valence-electron chi connectivity index (χ3n) is 3.08. The summed E-state index contributed by atoms with van der Waals surface area (Å²) in [5.74, 6) is 0.678. The first kappa shape index (κ1) is 19.1. The minimum absolute atomic E-state index is 0.264. The molecule has 6 heteroatoms. The predicted molar refractivity (Wildman–Crippen MR) is 84.6 cm³/mol. The van der Waals surface area contributed by atoms with Gasteiger partial charge in [-0.1, -0.05) is 20.3 Å². The van der Waals surface area contributed by atoms with E-state index in [4.69, 9.17) is 10.6 Å². The fourth-order valence-electron chi connectivity index (χ4n) is 2.07. The van der Waals surface area contributed by atoms with Crippen LogP contribution < -0.4 is 5.73 Å². The maximum atomic E-state index is 11.8. The quantitative estimate of drug-likeness (QED) is 0.302. The largest absolute Gasteiger partial charge is 0.342 e. The van der Waals surface area contributed by atoms with Crippen LogP contribution in [0.5, 0.6) is 0 Å². The molecule has 1 heterocycles. The number of carbonyl (C=O) groups excluding carboxylic acids is 1. The maximum absolute atomic E-state index is 11.8. The zero-order valence-corrected chi connectivity index (χ0v) is 14.2. The highest BCUT2D eigenvalue weighted by Gasteiger charge is 2.26. The number of hydrogen-bond donors (Lipinski definition) is 1. The zero-order valence-electron chi connectivity index (χ0n) is 12.1. The minimum Gasteiger partial charge on any atom is -0.342 e. The van der Waals surface area contributed by atoms with Crippen LogP contribution in [-0.4, -0.2) is 37.0 Å². The molecule has 1 unspecified atom stereocenters. The van der Waals surface area contributed by atoms with Gasteiger partial charge in [-0.05, 0) is 25.8 Å². The molecular weight excluding hydrogens is 359 g/mol. The molecule has 1 fully saturated rings. The molecule has 1 atom stereocenters. The van der Waals surface area contributed by atoms with E-state index in [2.05, 4.69) is 3.22 Å². The Hall–Kier alpha value is 0.0800. The molecule has 0 aliphatic carbocycles. The molecule has 1 amide bonds. The molecule has 0 aromatic carbocycles. The summed E-state index contributed by atoms with van der Waals surface area (Å²) in [6.07, 6.45) is 4.66. The summed E-state index contributed by atoms with van der Waals surface area (Å²) in [5.41, 5.74) is 5.41. The van der Waals surface area contributed by atoms with E-state index >= 15 is 0 Å². The molecule has 0 saturated carbocycles. The molecule has 1 rings (SSSR count).